The number of benzene rings is 2. The Labute approximate surface area is 146 Å². The molecule has 0 spiro atoms. The zero-order chi connectivity index (χ0) is 17.3. The van der Waals surface area contributed by atoms with Gasteiger partial charge in [-0.1, -0.05) is 29.3 Å². The van der Waals surface area contributed by atoms with Gasteiger partial charge in [0.1, 0.15) is 5.82 Å². The first-order valence-corrected chi connectivity index (χ1v) is 7.70. The van der Waals surface area contributed by atoms with E-state index in [0.717, 1.165) is 11.5 Å². The summed E-state index contributed by atoms with van der Waals surface area (Å²) >= 11 is 11.8. The summed E-state index contributed by atoms with van der Waals surface area (Å²) in [7, 11) is 0. The van der Waals surface area contributed by atoms with Crippen LogP contribution in [-0.2, 0) is 11.3 Å². The summed E-state index contributed by atoms with van der Waals surface area (Å²) in [5.74, 6) is -1.51. The van der Waals surface area contributed by atoms with Crippen LogP contribution in [0.25, 0.3) is 17.0 Å². The fraction of sp³-hybridized carbons (Fsp3) is 0.0588. The lowest BCUT2D eigenvalue weighted by Crippen LogP contribution is -2.04. The molecule has 3 aromatic rings. The molecular formula is C17H11Cl2FN2O2. The second-order valence-electron chi connectivity index (χ2n) is 5.11. The Kier molecular flexibility index (Phi) is 4.55. The molecule has 0 fully saturated rings. The maximum atomic E-state index is 14.0. The molecule has 0 unspecified atom stereocenters. The number of halogens is 3. The fourth-order valence-electron chi connectivity index (χ4n) is 2.38. The van der Waals surface area contributed by atoms with Crippen molar-refractivity contribution in [1.82, 2.24) is 9.78 Å². The van der Waals surface area contributed by atoms with Crippen LogP contribution in [-0.4, -0.2) is 20.9 Å². The van der Waals surface area contributed by atoms with Crippen LogP contribution in [0.3, 0.4) is 0 Å². The van der Waals surface area contributed by atoms with Crippen molar-refractivity contribution in [3.8, 4) is 0 Å². The molecule has 0 saturated heterocycles. The van der Waals surface area contributed by atoms with Crippen molar-refractivity contribution in [2.75, 3.05) is 0 Å². The van der Waals surface area contributed by atoms with Gasteiger partial charge in [-0.3, -0.25) is 4.68 Å². The number of hydrogen-bond donors (Lipinski definition) is 1. The van der Waals surface area contributed by atoms with Gasteiger partial charge in [0.15, 0.2) is 0 Å². The third kappa shape index (κ3) is 3.42. The summed E-state index contributed by atoms with van der Waals surface area (Å²) in [6.07, 6.45) is 2.40. The van der Waals surface area contributed by atoms with Gasteiger partial charge in [0.25, 0.3) is 0 Å². The minimum atomic E-state index is -1.07. The first-order chi connectivity index (χ1) is 11.4. The van der Waals surface area contributed by atoms with E-state index in [1.807, 2.05) is 0 Å². The third-order valence-corrected chi connectivity index (χ3v) is 3.93. The zero-order valence-corrected chi connectivity index (χ0v) is 13.7. The minimum Gasteiger partial charge on any atom is -0.478 e. The number of aliphatic carboxylic acids is 1. The monoisotopic (exact) mass is 364 g/mol. The molecule has 0 atom stereocenters. The Morgan fingerprint density at radius 3 is 2.62 bits per heavy atom. The van der Waals surface area contributed by atoms with E-state index in [4.69, 9.17) is 28.3 Å². The third-order valence-electron chi connectivity index (χ3n) is 3.46. The molecule has 1 N–H and O–H groups in total. The second kappa shape index (κ2) is 6.63. The summed E-state index contributed by atoms with van der Waals surface area (Å²) < 4.78 is 15.6. The normalized spacial score (nSPS) is 11.5. The summed E-state index contributed by atoms with van der Waals surface area (Å²) in [6.45, 7) is 0.167. The van der Waals surface area contributed by atoms with Crippen LogP contribution < -0.4 is 0 Å². The second-order valence-corrected chi connectivity index (χ2v) is 5.98. The van der Waals surface area contributed by atoms with Crippen LogP contribution in [0.5, 0.6) is 0 Å². The average molecular weight is 365 g/mol. The number of aromatic nitrogens is 2. The molecule has 0 aliphatic heterocycles. The first kappa shape index (κ1) is 16.5. The van der Waals surface area contributed by atoms with E-state index in [0.29, 0.717) is 26.8 Å². The summed E-state index contributed by atoms with van der Waals surface area (Å²) in [5.41, 5.74) is 1.57. The highest BCUT2D eigenvalue weighted by Gasteiger charge is 2.12. The topological polar surface area (TPSA) is 55.1 Å². The Hall–Kier alpha value is -2.37. The van der Waals surface area contributed by atoms with Crippen molar-refractivity contribution in [1.29, 1.82) is 0 Å². The van der Waals surface area contributed by atoms with Crippen LogP contribution >= 0.6 is 23.2 Å². The molecule has 0 aliphatic rings. The largest absolute Gasteiger partial charge is 0.478 e. The number of fused-ring (bicyclic) bond motifs is 1. The van der Waals surface area contributed by atoms with Crippen LogP contribution in [0.1, 0.15) is 11.3 Å². The molecule has 0 saturated carbocycles. The van der Waals surface area contributed by atoms with Crippen molar-refractivity contribution in [2.24, 2.45) is 0 Å². The highest BCUT2D eigenvalue weighted by atomic mass is 35.5. The van der Waals surface area contributed by atoms with Crippen LogP contribution in [0.2, 0.25) is 10.0 Å². The molecule has 3 rings (SSSR count). The number of nitrogens with zero attached hydrogens (tertiary/aromatic N) is 2. The molecule has 0 amide bonds. The van der Waals surface area contributed by atoms with E-state index in [1.165, 1.54) is 12.1 Å². The standard InChI is InChI=1S/C17H11Cl2FN2O2/c18-11-2-1-10(14(20)7-11)9-22-16-8-12(19)3-4-13(16)15(21-22)5-6-17(23)24/h1-8H,9H2,(H,23,24). The Bertz CT molecular complexity index is 967. The molecule has 0 aliphatic carbocycles. The van der Waals surface area contributed by atoms with Crippen molar-refractivity contribution in [2.45, 2.75) is 6.54 Å². The SMILES string of the molecule is O=C(O)C=Cc1nn(Cc2ccc(Cl)cc2F)c2cc(Cl)ccc12. The van der Waals surface area contributed by atoms with Crippen molar-refractivity contribution in [3.05, 3.63) is 69.6 Å². The molecular weight excluding hydrogens is 354 g/mol. The lowest BCUT2D eigenvalue weighted by molar-refractivity contribution is -0.131. The number of carbonyl (C=O) groups is 1. The van der Waals surface area contributed by atoms with Crippen LogP contribution in [0, 0.1) is 5.82 Å². The smallest absolute Gasteiger partial charge is 0.328 e. The Balaban J connectivity index is 2.09. The van der Waals surface area contributed by atoms with Crippen molar-refractivity contribution >= 4 is 46.2 Å². The minimum absolute atomic E-state index is 0.167. The molecule has 2 aromatic carbocycles. The molecule has 1 aromatic heterocycles. The van der Waals surface area contributed by atoms with Crippen molar-refractivity contribution < 1.29 is 14.3 Å². The lowest BCUT2D eigenvalue weighted by Gasteiger charge is -2.06. The lowest BCUT2D eigenvalue weighted by atomic mass is 10.2. The van der Waals surface area contributed by atoms with Gasteiger partial charge in [0, 0.05) is 27.1 Å². The number of carboxylic acids is 1. The Morgan fingerprint density at radius 2 is 1.92 bits per heavy atom. The average Bonchev–Trinajstić information content (AvgIpc) is 2.85. The van der Waals surface area contributed by atoms with E-state index < -0.39 is 11.8 Å². The molecule has 24 heavy (non-hydrogen) atoms. The predicted molar refractivity (Wildman–Crippen MR) is 91.9 cm³/mol. The highest BCUT2D eigenvalue weighted by molar-refractivity contribution is 6.31. The molecule has 1 heterocycles. The predicted octanol–water partition coefficient (Wildman–Crippen LogP) is 4.63. The van der Waals surface area contributed by atoms with Gasteiger partial charge < -0.3 is 5.11 Å². The van der Waals surface area contributed by atoms with Gasteiger partial charge in [-0.05, 0) is 36.4 Å². The van der Waals surface area contributed by atoms with E-state index in [9.17, 15) is 9.18 Å². The van der Waals surface area contributed by atoms with Crippen molar-refractivity contribution in [3.63, 3.8) is 0 Å². The summed E-state index contributed by atoms with van der Waals surface area (Å²) in [5, 5.41) is 14.7. The maximum absolute atomic E-state index is 14.0. The summed E-state index contributed by atoms with van der Waals surface area (Å²) in [6, 6.07) is 9.57. The molecule has 7 heteroatoms. The molecule has 122 valence electrons. The van der Waals surface area contributed by atoms with Gasteiger partial charge in [-0.15, -0.1) is 0 Å². The number of carboxylic acid groups (broad SMARTS) is 1. The number of hydrogen-bond acceptors (Lipinski definition) is 2. The van der Waals surface area contributed by atoms with E-state index in [1.54, 1.807) is 35.0 Å². The number of rotatable bonds is 4. The molecule has 0 radical (unpaired) electrons. The van der Waals surface area contributed by atoms with E-state index in [2.05, 4.69) is 5.10 Å². The highest BCUT2D eigenvalue weighted by Crippen LogP contribution is 2.25. The van der Waals surface area contributed by atoms with Crippen LogP contribution in [0.15, 0.2) is 42.5 Å². The fourth-order valence-corrected chi connectivity index (χ4v) is 2.70. The first-order valence-electron chi connectivity index (χ1n) is 6.95. The Morgan fingerprint density at radius 1 is 1.21 bits per heavy atom. The molecule has 4 nitrogen and oxygen atoms in total. The quantitative estimate of drug-likeness (QED) is 0.686. The zero-order valence-electron chi connectivity index (χ0n) is 12.2. The van der Waals surface area contributed by atoms with Gasteiger partial charge in [0.2, 0.25) is 0 Å². The van der Waals surface area contributed by atoms with E-state index in [-0.39, 0.29) is 6.54 Å². The van der Waals surface area contributed by atoms with Crippen LogP contribution in [0.4, 0.5) is 4.39 Å². The van der Waals surface area contributed by atoms with E-state index >= 15 is 0 Å². The summed E-state index contributed by atoms with van der Waals surface area (Å²) in [4.78, 5) is 10.7. The van der Waals surface area contributed by atoms with Gasteiger partial charge >= 0.3 is 5.97 Å². The maximum Gasteiger partial charge on any atom is 0.328 e. The van der Waals surface area contributed by atoms with Gasteiger partial charge in [0.05, 0.1) is 17.8 Å². The van der Waals surface area contributed by atoms with Gasteiger partial charge in [-0.2, -0.15) is 5.10 Å². The van der Waals surface area contributed by atoms with Gasteiger partial charge in [-0.25, -0.2) is 9.18 Å². The molecule has 0 bridgehead atoms.